The zero-order chi connectivity index (χ0) is 11.1. The third-order valence-corrected chi connectivity index (χ3v) is 2.69. The average molecular weight is 269 g/mol. The lowest BCUT2D eigenvalue weighted by Gasteiger charge is -2.08. The Bertz CT molecular complexity index is 360. The zero-order valence-corrected chi connectivity index (χ0v) is 9.92. The molecule has 80 valence electrons. The molecule has 0 aliphatic rings. The van der Waals surface area contributed by atoms with Crippen LogP contribution in [0, 0.1) is 11.3 Å². The Balaban J connectivity index is 2.61. The highest BCUT2D eigenvalue weighted by Crippen LogP contribution is 2.23. The summed E-state index contributed by atoms with van der Waals surface area (Å²) in [5, 5.41) is 20.7. The molecule has 0 saturated carbocycles. The summed E-state index contributed by atoms with van der Waals surface area (Å²) in [6.07, 6.45) is 1.68. The number of rotatable bonds is 5. The predicted molar refractivity (Wildman–Crippen MR) is 63.7 cm³/mol. The van der Waals surface area contributed by atoms with Crippen molar-refractivity contribution in [2.45, 2.75) is 12.8 Å². The lowest BCUT2D eigenvalue weighted by Crippen LogP contribution is -2.04. The van der Waals surface area contributed by atoms with Gasteiger partial charge in [0.15, 0.2) is 0 Å². The van der Waals surface area contributed by atoms with Gasteiger partial charge in [-0.1, -0.05) is 6.07 Å². The molecule has 0 heterocycles. The van der Waals surface area contributed by atoms with E-state index in [9.17, 15) is 0 Å². The van der Waals surface area contributed by atoms with Crippen LogP contribution in [0.25, 0.3) is 0 Å². The highest BCUT2D eigenvalue weighted by molar-refractivity contribution is 9.10. The molecule has 0 amide bonds. The molecule has 0 aliphatic heterocycles. The maximum absolute atomic E-state index is 8.94. The number of unbranched alkanes of at least 4 members (excludes halogenated alkanes) is 1. The molecule has 0 unspecified atom stereocenters. The molecule has 0 saturated heterocycles. The first kappa shape index (κ1) is 12.0. The Kier molecular flexibility index (Phi) is 5.16. The first-order chi connectivity index (χ1) is 7.29. The second kappa shape index (κ2) is 6.44. The Morgan fingerprint density at radius 2 is 2.20 bits per heavy atom. The standard InChI is InChI=1S/C11H13BrN2O/c12-10-4-3-5-11(9(10)8-13)14-6-1-2-7-15/h3-5,14-15H,1-2,6-7H2. The molecule has 0 fully saturated rings. The van der Waals surface area contributed by atoms with Gasteiger partial charge in [-0.05, 0) is 40.9 Å². The summed E-state index contributed by atoms with van der Waals surface area (Å²) in [6.45, 7) is 0.983. The third kappa shape index (κ3) is 3.54. The molecule has 1 aromatic carbocycles. The van der Waals surface area contributed by atoms with Crippen molar-refractivity contribution < 1.29 is 5.11 Å². The molecule has 0 aromatic heterocycles. The summed E-state index contributed by atoms with van der Waals surface area (Å²) < 4.78 is 0.803. The summed E-state index contributed by atoms with van der Waals surface area (Å²) >= 11 is 3.33. The number of hydrogen-bond acceptors (Lipinski definition) is 3. The van der Waals surface area contributed by atoms with Crippen molar-refractivity contribution in [3.63, 3.8) is 0 Å². The maximum atomic E-state index is 8.94. The summed E-state index contributed by atoms with van der Waals surface area (Å²) in [6, 6.07) is 7.76. The number of nitriles is 1. The van der Waals surface area contributed by atoms with Gasteiger partial charge < -0.3 is 10.4 Å². The van der Waals surface area contributed by atoms with E-state index >= 15 is 0 Å². The van der Waals surface area contributed by atoms with Gasteiger partial charge in [-0.25, -0.2) is 0 Å². The van der Waals surface area contributed by atoms with Crippen LogP contribution >= 0.6 is 15.9 Å². The van der Waals surface area contributed by atoms with Gasteiger partial charge in [-0.15, -0.1) is 0 Å². The molecule has 0 atom stereocenters. The van der Waals surface area contributed by atoms with Crippen LogP contribution in [-0.2, 0) is 0 Å². The largest absolute Gasteiger partial charge is 0.396 e. The summed E-state index contributed by atoms with van der Waals surface area (Å²) in [4.78, 5) is 0. The maximum Gasteiger partial charge on any atom is 0.103 e. The van der Waals surface area contributed by atoms with Crippen molar-refractivity contribution in [3.05, 3.63) is 28.2 Å². The quantitative estimate of drug-likeness (QED) is 0.807. The number of halogens is 1. The van der Waals surface area contributed by atoms with Crippen LogP contribution in [0.3, 0.4) is 0 Å². The number of nitrogens with zero attached hydrogens (tertiary/aromatic N) is 1. The smallest absolute Gasteiger partial charge is 0.103 e. The van der Waals surface area contributed by atoms with E-state index in [1.165, 1.54) is 0 Å². The molecule has 0 radical (unpaired) electrons. The fraction of sp³-hybridized carbons (Fsp3) is 0.364. The summed E-state index contributed by atoms with van der Waals surface area (Å²) in [5.74, 6) is 0. The molecule has 2 N–H and O–H groups in total. The molecule has 4 heteroatoms. The number of hydrogen-bond donors (Lipinski definition) is 2. The van der Waals surface area contributed by atoms with E-state index in [0.29, 0.717) is 5.56 Å². The number of aliphatic hydroxyl groups is 1. The van der Waals surface area contributed by atoms with E-state index in [1.807, 2.05) is 18.2 Å². The van der Waals surface area contributed by atoms with Gasteiger partial charge in [0, 0.05) is 17.6 Å². The van der Waals surface area contributed by atoms with Crippen LogP contribution in [-0.4, -0.2) is 18.3 Å². The van der Waals surface area contributed by atoms with Crippen LogP contribution in [0.5, 0.6) is 0 Å². The molecule has 0 spiro atoms. The van der Waals surface area contributed by atoms with E-state index in [-0.39, 0.29) is 6.61 Å². The van der Waals surface area contributed by atoms with Crippen molar-refractivity contribution in [2.75, 3.05) is 18.5 Å². The number of aliphatic hydroxyl groups excluding tert-OH is 1. The minimum atomic E-state index is 0.214. The number of benzene rings is 1. The second-order valence-electron chi connectivity index (χ2n) is 3.13. The van der Waals surface area contributed by atoms with E-state index in [0.717, 1.165) is 29.5 Å². The first-order valence-electron chi connectivity index (χ1n) is 4.83. The molecular weight excluding hydrogens is 256 g/mol. The SMILES string of the molecule is N#Cc1c(Br)cccc1NCCCCO. The monoisotopic (exact) mass is 268 g/mol. The van der Waals surface area contributed by atoms with Crippen LogP contribution in [0.4, 0.5) is 5.69 Å². The topological polar surface area (TPSA) is 56.0 Å². The lowest BCUT2D eigenvalue weighted by atomic mass is 10.2. The van der Waals surface area contributed by atoms with Gasteiger partial charge in [0.25, 0.3) is 0 Å². The van der Waals surface area contributed by atoms with Gasteiger partial charge in [-0.3, -0.25) is 0 Å². The number of anilines is 1. The third-order valence-electron chi connectivity index (χ3n) is 2.03. The van der Waals surface area contributed by atoms with E-state index in [2.05, 4.69) is 27.3 Å². The van der Waals surface area contributed by atoms with Crippen LogP contribution in [0.2, 0.25) is 0 Å². The van der Waals surface area contributed by atoms with Crippen molar-refractivity contribution in [3.8, 4) is 6.07 Å². The molecule has 15 heavy (non-hydrogen) atoms. The highest BCUT2D eigenvalue weighted by Gasteiger charge is 2.04. The normalized spacial score (nSPS) is 9.67. The Hall–Kier alpha value is -1.05. The second-order valence-corrected chi connectivity index (χ2v) is 3.99. The molecular formula is C11H13BrN2O. The van der Waals surface area contributed by atoms with Crippen molar-refractivity contribution in [1.82, 2.24) is 0 Å². The fourth-order valence-corrected chi connectivity index (χ4v) is 1.70. The molecule has 0 aliphatic carbocycles. The molecule has 3 nitrogen and oxygen atoms in total. The average Bonchev–Trinajstić information content (AvgIpc) is 2.24. The fourth-order valence-electron chi connectivity index (χ4n) is 1.24. The Morgan fingerprint density at radius 1 is 1.40 bits per heavy atom. The van der Waals surface area contributed by atoms with Gasteiger partial charge in [0.1, 0.15) is 6.07 Å². The van der Waals surface area contributed by atoms with E-state index in [1.54, 1.807) is 0 Å². The zero-order valence-electron chi connectivity index (χ0n) is 8.33. The number of nitrogens with one attached hydrogen (secondary N) is 1. The van der Waals surface area contributed by atoms with Crippen LogP contribution in [0.15, 0.2) is 22.7 Å². The summed E-state index contributed by atoms with van der Waals surface area (Å²) in [5.41, 5.74) is 1.46. The minimum absolute atomic E-state index is 0.214. The Morgan fingerprint density at radius 3 is 2.87 bits per heavy atom. The van der Waals surface area contributed by atoms with Crippen molar-refractivity contribution >= 4 is 21.6 Å². The molecule has 0 bridgehead atoms. The van der Waals surface area contributed by atoms with Crippen LogP contribution < -0.4 is 5.32 Å². The minimum Gasteiger partial charge on any atom is -0.396 e. The lowest BCUT2D eigenvalue weighted by molar-refractivity contribution is 0.286. The molecule has 1 aromatic rings. The summed E-state index contributed by atoms with van der Waals surface area (Å²) in [7, 11) is 0. The highest BCUT2D eigenvalue weighted by atomic mass is 79.9. The van der Waals surface area contributed by atoms with Crippen molar-refractivity contribution in [1.29, 1.82) is 5.26 Å². The van der Waals surface area contributed by atoms with E-state index < -0.39 is 0 Å². The van der Waals surface area contributed by atoms with Crippen LogP contribution in [0.1, 0.15) is 18.4 Å². The van der Waals surface area contributed by atoms with Gasteiger partial charge >= 0.3 is 0 Å². The molecule has 1 rings (SSSR count). The predicted octanol–water partition coefficient (Wildman–Crippen LogP) is 2.51. The van der Waals surface area contributed by atoms with Gasteiger partial charge in [0.2, 0.25) is 0 Å². The van der Waals surface area contributed by atoms with Crippen molar-refractivity contribution in [2.24, 2.45) is 0 Å². The Labute approximate surface area is 97.9 Å². The van der Waals surface area contributed by atoms with E-state index in [4.69, 9.17) is 10.4 Å². The van der Waals surface area contributed by atoms with Gasteiger partial charge in [-0.2, -0.15) is 5.26 Å². The van der Waals surface area contributed by atoms with Gasteiger partial charge in [0.05, 0.1) is 11.3 Å². The first-order valence-corrected chi connectivity index (χ1v) is 5.62.